The molecule has 0 aliphatic carbocycles. The minimum Gasteiger partial charge on any atom is -0.393 e. The predicted molar refractivity (Wildman–Crippen MR) is 70.0 cm³/mol. The Bertz CT molecular complexity index is 345. The van der Waals surface area contributed by atoms with Crippen LogP contribution in [0, 0.1) is 13.8 Å². The van der Waals surface area contributed by atoms with E-state index in [0.29, 0.717) is 0 Å². The van der Waals surface area contributed by atoms with Gasteiger partial charge in [0.1, 0.15) is 0 Å². The third kappa shape index (κ3) is 4.13. The quantitative estimate of drug-likeness (QED) is 0.713. The number of aliphatic hydroxyl groups is 1. The Morgan fingerprint density at radius 1 is 1.41 bits per heavy atom. The predicted octanol–water partition coefficient (Wildman–Crippen LogP) is 1.77. The molecule has 1 rings (SSSR count). The summed E-state index contributed by atoms with van der Waals surface area (Å²) in [7, 11) is 0. The molecule has 1 unspecified atom stereocenters. The second-order valence-corrected chi connectivity index (χ2v) is 4.69. The summed E-state index contributed by atoms with van der Waals surface area (Å²) >= 11 is 0. The number of nitrogens with one attached hydrogen (secondary N) is 1. The van der Waals surface area contributed by atoms with E-state index in [-0.39, 0.29) is 6.10 Å². The molecule has 4 nitrogen and oxygen atoms in total. The van der Waals surface area contributed by atoms with E-state index >= 15 is 0 Å². The SMILES string of the molecule is CCCNCc1c(C)nn(CCC(C)O)c1C. The highest BCUT2D eigenvalue weighted by Gasteiger charge is 2.11. The summed E-state index contributed by atoms with van der Waals surface area (Å²) in [6, 6.07) is 0. The van der Waals surface area contributed by atoms with Gasteiger partial charge in [-0.15, -0.1) is 0 Å². The molecule has 0 fully saturated rings. The summed E-state index contributed by atoms with van der Waals surface area (Å²) in [5, 5.41) is 17.2. The van der Waals surface area contributed by atoms with Crippen LogP contribution in [0.5, 0.6) is 0 Å². The van der Waals surface area contributed by atoms with Crippen molar-refractivity contribution in [2.75, 3.05) is 6.54 Å². The van der Waals surface area contributed by atoms with E-state index in [9.17, 15) is 5.11 Å². The lowest BCUT2D eigenvalue weighted by Gasteiger charge is -2.07. The van der Waals surface area contributed by atoms with Crippen molar-refractivity contribution >= 4 is 0 Å². The van der Waals surface area contributed by atoms with Gasteiger partial charge >= 0.3 is 0 Å². The molecule has 0 bridgehead atoms. The second-order valence-electron chi connectivity index (χ2n) is 4.69. The Morgan fingerprint density at radius 3 is 2.71 bits per heavy atom. The number of aryl methyl sites for hydroxylation is 2. The molecule has 4 heteroatoms. The lowest BCUT2D eigenvalue weighted by Crippen LogP contribution is -2.15. The fraction of sp³-hybridized carbons (Fsp3) is 0.769. The van der Waals surface area contributed by atoms with E-state index in [1.165, 1.54) is 11.3 Å². The first kappa shape index (κ1) is 14.2. The number of hydrogen-bond acceptors (Lipinski definition) is 3. The number of aliphatic hydroxyl groups excluding tert-OH is 1. The van der Waals surface area contributed by atoms with Crippen molar-refractivity contribution in [1.29, 1.82) is 0 Å². The van der Waals surface area contributed by atoms with Gasteiger partial charge in [-0.3, -0.25) is 4.68 Å². The summed E-state index contributed by atoms with van der Waals surface area (Å²) in [5.41, 5.74) is 3.60. The maximum absolute atomic E-state index is 9.30. The minimum atomic E-state index is -0.263. The molecule has 2 N–H and O–H groups in total. The normalized spacial score (nSPS) is 13.0. The average molecular weight is 239 g/mol. The maximum Gasteiger partial charge on any atom is 0.0641 e. The van der Waals surface area contributed by atoms with Gasteiger partial charge in [0, 0.05) is 24.3 Å². The summed E-state index contributed by atoms with van der Waals surface area (Å²) < 4.78 is 2.00. The third-order valence-corrected chi connectivity index (χ3v) is 3.02. The molecule has 0 aliphatic rings. The van der Waals surface area contributed by atoms with E-state index in [0.717, 1.165) is 38.2 Å². The molecule has 17 heavy (non-hydrogen) atoms. The lowest BCUT2D eigenvalue weighted by molar-refractivity contribution is 0.176. The van der Waals surface area contributed by atoms with Gasteiger partial charge < -0.3 is 10.4 Å². The van der Waals surface area contributed by atoms with Gasteiger partial charge in [0.15, 0.2) is 0 Å². The molecule has 1 aromatic rings. The first-order valence-electron chi connectivity index (χ1n) is 6.48. The molecule has 0 amide bonds. The molecule has 1 heterocycles. The van der Waals surface area contributed by atoms with Crippen LogP contribution < -0.4 is 5.32 Å². The first-order chi connectivity index (χ1) is 8.06. The van der Waals surface area contributed by atoms with Crippen LogP contribution in [0.15, 0.2) is 0 Å². The minimum absolute atomic E-state index is 0.263. The van der Waals surface area contributed by atoms with Crippen molar-refractivity contribution < 1.29 is 5.11 Å². The van der Waals surface area contributed by atoms with E-state index in [4.69, 9.17) is 0 Å². The van der Waals surface area contributed by atoms with Crippen molar-refractivity contribution in [1.82, 2.24) is 15.1 Å². The van der Waals surface area contributed by atoms with Gasteiger partial charge in [-0.25, -0.2) is 0 Å². The van der Waals surface area contributed by atoms with Crippen LogP contribution in [0.4, 0.5) is 0 Å². The lowest BCUT2D eigenvalue weighted by atomic mass is 10.2. The van der Waals surface area contributed by atoms with E-state index in [2.05, 4.69) is 31.2 Å². The van der Waals surface area contributed by atoms with Gasteiger partial charge in [-0.1, -0.05) is 6.92 Å². The zero-order chi connectivity index (χ0) is 12.8. The van der Waals surface area contributed by atoms with Gasteiger partial charge in [0.05, 0.1) is 11.8 Å². The van der Waals surface area contributed by atoms with Crippen LogP contribution in [0.1, 0.15) is 43.6 Å². The summed E-state index contributed by atoms with van der Waals surface area (Å²) in [6.45, 7) is 10.9. The average Bonchev–Trinajstić information content (AvgIpc) is 2.53. The fourth-order valence-electron chi connectivity index (χ4n) is 1.91. The number of nitrogens with zero attached hydrogens (tertiary/aromatic N) is 2. The van der Waals surface area contributed by atoms with Crippen LogP contribution in [0.3, 0.4) is 0 Å². The zero-order valence-electron chi connectivity index (χ0n) is 11.5. The van der Waals surface area contributed by atoms with Crippen LogP contribution in [0.25, 0.3) is 0 Å². The van der Waals surface area contributed by atoms with Gasteiger partial charge in [-0.2, -0.15) is 5.10 Å². The zero-order valence-corrected chi connectivity index (χ0v) is 11.5. The van der Waals surface area contributed by atoms with Crippen LogP contribution in [0.2, 0.25) is 0 Å². The molecule has 0 radical (unpaired) electrons. The molecule has 0 aliphatic heterocycles. The van der Waals surface area contributed by atoms with Crippen molar-refractivity contribution in [3.05, 3.63) is 17.0 Å². The van der Waals surface area contributed by atoms with E-state index in [1.54, 1.807) is 0 Å². The van der Waals surface area contributed by atoms with Crippen LogP contribution in [-0.2, 0) is 13.1 Å². The van der Waals surface area contributed by atoms with Gasteiger partial charge in [0.2, 0.25) is 0 Å². The monoisotopic (exact) mass is 239 g/mol. The molecule has 0 saturated heterocycles. The number of rotatable bonds is 7. The second kappa shape index (κ2) is 6.77. The Labute approximate surface area is 104 Å². The summed E-state index contributed by atoms with van der Waals surface area (Å²) in [6.07, 6.45) is 1.64. The molecule has 98 valence electrons. The fourth-order valence-corrected chi connectivity index (χ4v) is 1.91. The molecule has 1 aromatic heterocycles. The highest BCUT2D eigenvalue weighted by Crippen LogP contribution is 2.13. The summed E-state index contributed by atoms with van der Waals surface area (Å²) in [5.74, 6) is 0. The Balaban J connectivity index is 2.65. The molecule has 0 spiro atoms. The van der Waals surface area contributed by atoms with Crippen molar-refractivity contribution in [2.45, 2.75) is 59.7 Å². The number of hydrogen-bond donors (Lipinski definition) is 2. The van der Waals surface area contributed by atoms with Gasteiger partial charge in [-0.05, 0) is 40.2 Å². The Hall–Kier alpha value is -0.870. The maximum atomic E-state index is 9.30. The van der Waals surface area contributed by atoms with Crippen molar-refractivity contribution in [3.63, 3.8) is 0 Å². The van der Waals surface area contributed by atoms with Crippen molar-refractivity contribution in [2.24, 2.45) is 0 Å². The van der Waals surface area contributed by atoms with Crippen LogP contribution in [-0.4, -0.2) is 27.5 Å². The first-order valence-corrected chi connectivity index (χ1v) is 6.48. The third-order valence-electron chi connectivity index (χ3n) is 3.02. The molecule has 0 saturated carbocycles. The number of aromatic nitrogens is 2. The van der Waals surface area contributed by atoms with E-state index in [1.807, 2.05) is 11.6 Å². The molecular weight excluding hydrogens is 214 g/mol. The molecule has 0 aromatic carbocycles. The standard InChI is InChI=1S/C13H25N3O/c1-5-7-14-9-13-11(3)15-16(12(13)4)8-6-10(2)17/h10,14,17H,5-9H2,1-4H3. The van der Waals surface area contributed by atoms with Crippen LogP contribution >= 0.6 is 0 Å². The molecular formula is C13H25N3O. The Morgan fingerprint density at radius 2 is 2.12 bits per heavy atom. The topological polar surface area (TPSA) is 50.1 Å². The summed E-state index contributed by atoms with van der Waals surface area (Å²) in [4.78, 5) is 0. The van der Waals surface area contributed by atoms with Crippen molar-refractivity contribution in [3.8, 4) is 0 Å². The Kier molecular flexibility index (Phi) is 5.65. The van der Waals surface area contributed by atoms with E-state index < -0.39 is 0 Å². The largest absolute Gasteiger partial charge is 0.393 e. The molecule has 1 atom stereocenters. The highest BCUT2D eigenvalue weighted by atomic mass is 16.3. The van der Waals surface area contributed by atoms with Gasteiger partial charge in [0.25, 0.3) is 0 Å². The highest BCUT2D eigenvalue weighted by molar-refractivity contribution is 5.24. The smallest absolute Gasteiger partial charge is 0.0641 e.